The fourth-order valence-corrected chi connectivity index (χ4v) is 2.76. The molecule has 1 aliphatic heterocycles. The zero-order valence-corrected chi connectivity index (χ0v) is 12.0. The molecule has 3 rings (SSSR count). The van der Waals surface area contributed by atoms with Crippen LogP contribution < -0.4 is 5.32 Å². The van der Waals surface area contributed by atoms with Gasteiger partial charge in [0.2, 0.25) is 0 Å². The average Bonchev–Trinajstić information content (AvgIpc) is 3.12. The fourth-order valence-electron chi connectivity index (χ4n) is 2.76. The third kappa shape index (κ3) is 2.97. The Labute approximate surface area is 124 Å². The van der Waals surface area contributed by atoms with E-state index in [4.69, 9.17) is 10.00 Å². The molecule has 3 heterocycles. The summed E-state index contributed by atoms with van der Waals surface area (Å²) in [6.45, 7) is 1.50. The first-order chi connectivity index (χ1) is 10.3. The molecular weight excluding hydrogens is 264 g/mol. The number of hydrogen-bond acceptors (Lipinski definition) is 4. The van der Waals surface area contributed by atoms with Crippen molar-refractivity contribution in [3.63, 3.8) is 0 Å². The highest BCUT2D eigenvalue weighted by atomic mass is 16.5. The molecule has 0 radical (unpaired) electrons. The summed E-state index contributed by atoms with van der Waals surface area (Å²) in [5.41, 5.74) is 2.91. The largest absolute Gasteiger partial charge is 0.372 e. The number of nitrogens with zero attached hydrogens (tertiary/aromatic N) is 3. The molecule has 1 fully saturated rings. The smallest absolute Gasteiger partial charge is 0.120 e. The molecule has 108 valence electrons. The Bertz CT molecular complexity index is 644. The van der Waals surface area contributed by atoms with Gasteiger partial charge in [-0.25, -0.2) is 0 Å². The first-order valence-corrected chi connectivity index (χ1v) is 7.08. The summed E-state index contributed by atoms with van der Waals surface area (Å²) in [7, 11) is 1.89. The topological polar surface area (TPSA) is 62.9 Å². The lowest BCUT2D eigenvalue weighted by Gasteiger charge is -2.19. The second-order valence-corrected chi connectivity index (χ2v) is 5.31. The van der Waals surface area contributed by atoms with Gasteiger partial charge < -0.3 is 14.6 Å². The quantitative estimate of drug-likeness (QED) is 0.930. The van der Waals surface area contributed by atoms with Gasteiger partial charge >= 0.3 is 0 Å². The van der Waals surface area contributed by atoms with Gasteiger partial charge in [0.15, 0.2) is 0 Å². The van der Waals surface area contributed by atoms with Crippen molar-refractivity contribution in [3.05, 3.63) is 53.6 Å². The predicted octanol–water partition coefficient (Wildman–Crippen LogP) is 1.91. The summed E-state index contributed by atoms with van der Waals surface area (Å²) in [6.07, 6.45) is 6.66. The molecule has 5 nitrogen and oxygen atoms in total. The monoisotopic (exact) mass is 282 g/mol. The van der Waals surface area contributed by atoms with E-state index >= 15 is 0 Å². The minimum absolute atomic E-state index is 0.0536. The zero-order valence-electron chi connectivity index (χ0n) is 12.0. The molecule has 1 saturated heterocycles. The minimum atomic E-state index is 0.0536. The predicted molar refractivity (Wildman–Crippen MR) is 78.3 cm³/mol. The highest BCUT2D eigenvalue weighted by molar-refractivity contribution is 5.28. The fraction of sp³-hybridized carbons (Fsp3) is 0.375. The molecule has 0 aliphatic carbocycles. The molecule has 0 amide bonds. The van der Waals surface area contributed by atoms with Crippen molar-refractivity contribution in [2.45, 2.75) is 25.1 Å². The molecular formula is C16H18N4O. The van der Waals surface area contributed by atoms with Gasteiger partial charge in [0.25, 0.3) is 0 Å². The van der Waals surface area contributed by atoms with Crippen molar-refractivity contribution in [1.82, 2.24) is 14.9 Å². The van der Waals surface area contributed by atoms with E-state index in [0.717, 1.165) is 30.7 Å². The van der Waals surface area contributed by atoms with E-state index in [1.807, 2.05) is 42.2 Å². The van der Waals surface area contributed by atoms with Crippen molar-refractivity contribution in [2.24, 2.45) is 7.05 Å². The van der Waals surface area contributed by atoms with Crippen LogP contribution in [0.25, 0.3) is 0 Å². The third-order valence-electron chi connectivity index (χ3n) is 3.85. The number of pyridine rings is 1. The number of hydrogen-bond donors (Lipinski definition) is 1. The van der Waals surface area contributed by atoms with E-state index in [0.29, 0.717) is 5.69 Å². The molecule has 0 bridgehead atoms. The summed E-state index contributed by atoms with van der Waals surface area (Å²) in [5.74, 6) is 0. The van der Waals surface area contributed by atoms with Gasteiger partial charge in [-0.2, -0.15) is 5.26 Å². The van der Waals surface area contributed by atoms with Gasteiger partial charge in [0.05, 0.1) is 6.10 Å². The molecule has 2 aromatic rings. The van der Waals surface area contributed by atoms with Gasteiger partial charge in [-0.05, 0) is 24.1 Å². The SMILES string of the molecule is Cn1cc(CN[C@H]2CCO[C@@H]2c2cccnc2)cc1C#N. The molecule has 1 N–H and O–H groups in total. The molecule has 2 atom stereocenters. The number of aryl methyl sites for hydroxylation is 1. The summed E-state index contributed by atoms with van der Waals surface area (Å²) in [6, 6.07) is 8.36. The normalized spacial score (nSPS) is 21.3. The van der Waals surface area contributed by atoms with Gasteiger partial charge in [0.1, 0.15) is 11.8 Å². The van der Waals surface area contributed by atoms with Gasteiger partial charge in [-0.3, -0.25) is 4.98 Å². The highest BCUT2D eigenvalue weighted by Gasteiger charge is 2.29. The summed E-state index contributed by atoms with van der Waals surface area (Å²) >= 11 is 0. The number of nitriles is 1. The second-order valence-electron chi connectivity index (χ2n) is 5.31. The second kappa shape index (κ2) is 6.08. The Hall–Kier alpha value is -2.16. The molecule has 1 aliphatic rings. The zero-order chi connectivity index (χ0) is 14.7. The Kier molecular flexibility index (Phi) is 4.00. The Morgan fingerprint density at radius 3 is 3.19 bits per heavy atom. The molecule has 0 saturated carbocycles. The van der Waals surface area contributed by atoms with E-state index in [1.54, 1.807) is 6.20 Å². The minimum Gasteiger partial charge on any atom is -0.372 e. The standard InChI is InChI=1S/C16H18N4O/c1-20-11-12(7-14(20)8-17)9-19-15-4-6-21-16(15)13-3-2-5-18-10-13/h2-3,5,7,10-11,15-16,19H,4,6,9H2,1H3/t15-,16+/m0/s1. The van der Waals surface area contributed by atoms with Crippen LogP contribution in [-0.2, 0) is 18.3 Å². The van der Waals surface area contributed by atoms with Crippen LogP contribution >= 0.6 is 0 Å². The van der Waals surface area contributed by atoms with Crippen LogP contribution in [0.1, 0.15) is 29.3 Å². The van der Waals surface area contributed by atoms with Crippen LogP contribution in [0.15, 0.2) is 36.8 Å². The van der Waals surface area contributed by atoms with Crippen LogP contribution in [0.2, 0.25) is 0 Å². The van der Waals surface area contributed by atoms with Gasteiger partial charge in [-0.15, -0.1) is 0 Å². The summed E-state index contributed by atoms with van der Waals surface area (Å²) in [5, 5.41) is 12.5. The maximum absolute atomic E-state index is 8.98. The molecule has 5 heteroatoms. The van der Waals surface area contributed by atoms with Crippen LogP contribution in [0.3, 0.4) is 0 Å². The molecule has 2 aromatic heterocycles. The van der Waals surface area contributed by atoms with Crippen molar-refractivity contribution in [3.8, 4) is 6.07 Å². The Morgan fingerprint density at radius 1 is 1.57 bits per heavy atom. The van der Waals surface area contributed by atoms with Gasteiger partial charge in [-0.1, -0.05) is 6.07 Å². The maximum atomic E-state index is 8.98. The van der Waals surface area contributed by atoms with E-state index in [1.165, 1.54) is 0 Å². The average molecular weight is 282 g/mol. The first-order valence-electron chi connectivity index (χ1n) is 7.08. The highest BCUT2D eigenvalue weighted by Crippen LogP contribution is 2.28. The van der Waals surface area contributed by atoms with Crippen LogP contribution in [-0.4, -0.2) is 22.2 Å². The lowest BCUT2D eigenvalue weighted by molar-refractivity contribution is 0.0982. The summed E-state index contributed by atoms with van der Waals surface area (Å²) < 4.78 is 7.68. The Balaban J connectivity index is 1.65. The molecule has 0 spiro atoms. The lowest BCUT2D eigenvalue weighted by atomic mass is 10.0. The van der Waals surface area contributed by atoms with E-state index in [2.05, 4.69) is 16.4 Å². The van der Waals surface area contributed by atoms with Crippen molar-refractivity contribution in [1.29, 1.82) is 5.26 Å². The number of rotatable bonds is 4. The van der Waals surface area contributed by atoms with Crippen molar-refractivity contribution in [2.75, 3.05) is 6.61 Å². The number of aromatic nitrogens is 2. The van der Waals surface area contributed by atoms with Crippen molar-refractivity contribution < 1.29 is 4.74 Å². The van der Waals surface area contributed by atoms with E-state index in [-0.39, 0.29) is 12.1 Å². The molecule has 0 aromatic carbocycles. The number of nitrogens with one attached hydrogen (secondary N) is 1. The van der Waals surface area contributed by atoms with Crippen LogP contribution in [0.5, 0.6) is 0 Å². The molecule has 0 unspecified atom stereocenters. The van der Waals surface area contributed by atoms with Crippen LogP contribution in [0, 0.1) is 11.3 Å². The lowest BCUT2D eigenvalue weighted by Crippen LogP contribution is -2.31. The maximum Gasteiger partial charge on any atom is 0.120 e. The van der Waals surface area contributed by atoms with Crippen LogP contribution in [0.4, 0.5) is 0 Å². The third-order valence-corrected chi connectivity index (χ3v) is 3.85. The van der Waals surface area contributed by atoms with E-state index in [9.17, 15) is 0 Å². The molecule has 21 heavy (non-hydrogen) atoms. The van der Waals surface area contributed by atoms with E-state index < -0.39 is 0 Å². The summed E-state index contributed by atoms with van der Waals surface area (Å²) in [4.78, 5) is 4.16. The van der Waals surface area contributed by atoms with Gasteiger partial charge in [0, 0.05) is 50.4 Å². The Morgan fingerprint density at radius 2 is 2.48 bits per heavy atom. The van der Waals surface area contributed by atoms with Crippen molar-refractivity contribution >= 4 is 0 Å². The number of ether oxygens (including phenoxy) is 1. The first kappa shape index (κ1) is 13.8.